The number of benzene rings is 1. The van der Waals surface area contributed by atoms with Crippen molar-refractivity contribution in [3.63, 3.8) is 0 Å². The molecule has 25 heavy (non-hydrogen) atoms. The Bertz CT molecular complexity index is 799. The Hall–Kier alpha value is -2.28. The maximum Gasteiger partial charge on any atom is 0.227 e. The van der Waals surface area contributed by atoms with Crippen molar-refractivity contribution in [2.75, 3.05) is 44.2 Å². The Morgan fingerprint density at radius 2 is 1.92 bits per heavy atom. The zero-order valence-corrected chi connectivity index (χ0v) is 13.8. The van der Waals surface area contributed by atoms with Gasteiger partial charge in [0.05, 0.1) is 11.4 Å². The van der Waals surface area contributed by atoms with Gasteiger partial charge in [0.15, 0.2) is 11.6 Å². The molecule has 4 rings (SSSR count). The summed E-state index contributed by atoms with van der Waals surface area (Å²) in [7, 11) is 0. The van der Waals surface area contributed by atoms with Crippen LogP contribution in [0, 0.1) is 17.6 Å². The Labute approximate surface area is 144 Å². The SMILES string of the molecule is O=C([C@H]1CCNC1)N1CCN(c2ccnc3cc(F)c(F)cc23)CC1. The van der Waals surface area contributed by atoms with Gasteiger partial charge in [-0.25, -0.2) is 8.78 Å². The molecular formula is C18H20F2N4O. The molecule has 5 nitrogen and oxygen atoms in total. The molecule has 0 radical (unpaired) electrons. The molecule has 3 heterocycles. The first kappa shape index (κ1) is 16.2. The average Bonchev–Trinajstić information content (AvgIpc) is 3.16. The van der Waals surface area contributed by atoms with Crippen LogP contribution in [0.4, 0.5) is 14.5 Å². The molecule has 2 fully saturated rings. The van der Waals surface area contributed by atoms with E-state index in [-0.39, 0.29) is 11.8 Å². The van der Waals surface area contributed by atoms with Gasteiger partial charge in [-0.1, -0.05) is 0 Å². The molecule has 0 spiro atoms. The minimum atomic E-state index is -0.891. The predicted molar refractivity (Wildman–Crippen MR) is 91.4 cm³/mol. The molecular weight excluding hydrogens is 326 g/mol. The molecule has 2 aromatic rings. The van der Waals surface area contributed by atoms with Crippen molar-refractivity contribution in [3.05, 3.63) is 36.0 Å². The van der Waals surface area contributed by atoms with Gasteiger partial charge in [0.2, 0.25) is 5.91 Å². The number of rotatable bonds is 2. The number of halogens is 2. The number of fused-ring (bicyclic) bond motifs is 1. The van der Waals surface area contributed by atoms with E-state index in [1.807, 2.05) is 11.0 Å². The van der Waals surface area contributed by atoms with Gasteiger partial charge in [0, 0.05) is 56.1 Å². The van der Waals surface area contributed by atoms with Crippen molar-refractivity contribution in [2.24, 2.45) is 5.92 Å². The second-order valence-corrected chi connectivity index (χ2v) is 6.62. The zero-order chi connectivity index (χ0) is 17.4. The molecule has 0 bridgehead atoms. The van der Waals surface area contributed by atoms with E-state index in [2.05, 4.69) is 15.2 Å². The molecule has 1 aromatic carbocycles. The highest BCUT2D eigenvalue weighted by Crippen LogP contribution is 2.28. The van der Waals surface area contributed by atoms with Gasteiger partial charge in [0.1, 0.15) is 0 Å². The number of carbonyl (C=O) groups excluding carboxylic acids is 1. The fourth-order valence-corrected chi connectivity index (χ4v) is 3.69. The van der Waals surface area contributed by atoms with Crippen LogP contribution in [0.2, 0.25) is 0 Å². The van der Waals surface area contributed by atoms with E-state index in [4.69, 9.17) is 0 Å². The standard InChI is InChI=1S/C18H20F2N4O/c19-14-9-13-16(10-15(14)20)22-4-2-17(13)23-5-7-24(8-6-23)18(25)12-1-3-21-11-12/h2,4,9-10,12,21H,1,3,5-8,11H2/t12-/m0/s1. The summed E-state index contributed by atoms with van der Waals surface area (Å²) in [5, 5.41) is 3.82. The highest BCUT2D eigenvalue weighted by atomic mass is 19.2. The molecule has 7 heteroatoms. The summed E-state index contributed by atoms with van der Waals surface area (Å²) in [6, 6.07) is 4.15. The van der Waals surface area contributed by atoms with Crippen LogP contribution in [0.3, 0.4) is 0 Å². The Kier molecular flexibility index (Phi) is 4.25. The first-order valence-electron chi connectivity index (χ1n) is 8.62. The summed E-state index contributed by atoms with van der Waals surface area (Å²) in [5.41, 5.74) is 1.27. The number of piperazine rings is 1. The maximum atomic E-state index is 13.7. The highest BCUT2D eigenvalue weighted by Gasteiger charge is 2.29. The summed E-state index contributed by atoms with van der Waals surface area (Å²) in [6.45, 7) is 4.29. The van der Waals surface area contributed by atoms with Crippen LogP contribution in [0.5, 0.6) is 0 Å². The topological polar surface area (TPSA) is 48.5 Å². The maximum absolute atomic E-state index is 13.7. The first-order valence-corrected chi connectivity index (χ1v) is 8.62. The fraction of sp³-hybridized carbons (Fsp3) is 0.444. The summed E-state index contributed by atoms with van der Waals surface area (Å²) < 4.78 is 27.1. The average molecular weight is 346 g/mol. The van der Waals surface area contributed by atoms with Crippen LogP contribution in [0.1, 0.15) is 6.42 Å². The van der Waals surface area contributed by atoms with E-state index in [9.17, 15) is 13.6 Å². The normalized spacial score (nSPS) is 21.1. The van der Waals surface area contributed by atoms with Gasteiger partial charge in [-0.05, 0) is 25.1 Å². The smallest absolute Gasteiger partial charge is 0.227 e. The summed E-state index contributed by atoms with van der Waals surface area (Å²) in [6.07, 6.45) is 2.51. The van der Waals surface area contributed by atoms with Crippen molar-refractivity contribution in [3.8, 4) is 0 Å². The largest absolute Gasteiger partial charge is 0.367 e. The second-order valence-electron chi connectivity index (χ2n) is 6.62. The van der Waals surface area contributed by atoms with E-state index >= 15 is 0 Å². The van der Waals surface area contributed by atoms with Crippen LogP contribution in [0.15, 0.2) is 24.4 Å². The quantitative estimate of drug-likeness (QED) is 0.900. The Morgan fingerprint density at radius 3 is 2.64 bits per heavy atom. The third-order valence-electron chi connectivity index (χ3n) is 5.10. The van der Waals surface area contributed by atoms with Gasteiger partial charge in [-0.15, -0.1) is 0 Å². The molecule has 0 saturated carbocycles. The van der Waals surface area contributed by atoms with E-state index < -0.39 is 11.6 Å². The summed E-state index contributed by atoms with van der Waals surface area (Å²) in [4.78, 5) is 20.7. The lowest BCUT2D eigenvalue weighted by molar-refractivity contribution is -0.135. The molecule has 2 aliphatic rings. The lowest BCUT2D eigenvalue weighted by atomic mass is 10.1. The molecule has 1 atom stereocenters. The van der Waals surface area contributed by atoms with Crippen LogP contribution in [-0.2, 0) is 4.79 Å². The number of nitrogens with one attached hydrogen (secondary N) is 1. The number of amides is 1. The fourth-order valence-electron chi connectivity index (χ4n) is 3.69. The summed E-state index contributed by atoms with van der Waals surface area (Å²) in [5.74, 6) is -1.45. The van der Waals surface area contributed by atoms with Crippen LogP contribution in [0.25, 0.3) is 10.9 Å². The molecule has 1 N–H and O–H groups in total. The van der Waals surface area contributed by atoms with Gasteiger partial charge < -0.3 is 15.1 Å². The van der Waals surface area contributed by atoms with Crippen molar-refractivity contribution in [2.45, 2.75) is 6.42 Å². The van der Waals surface area contributed by atoms with E-state index in [1.54, 1.807) is 6.20 Å². The van der Waals surface area contributed by atoms with E-state index in [0.29, 0.717) is 37.1 Å². The molecule has 132 valence electrons. The summed E-state index contributed by atoms with van der Waals surface area (Å²) >= 11 is 0. The number of pyridine rings is 1. The third kappa shape index (κ3) is 3.04. The monoisotopic (exact) mass is 346 g/mol. The minimum Gasteiger partial charge on any atom is -0.367 e. The molecule has 1 amide bonds. The van der Waals surface area contributed by atoms with Crippen LogP contribution < -0.4 is 10.2 Å². The van der Waals surface area contributed by atoms with Crippen molar-refractivity contribution >= 4 is 22.5 Å². The Morgan fingerprint density at radius 1 is 1.16 bits per heavy atom. The number of anilines is 1. The van der Waals surface area contributed by atoms with Gasteiger partial charge in [0.25, 0.3) is 0 Å². The molecule has 1 aromatic heterocycles. The Balaban J connectivity index is 1.52. The lowest BCUT2D eigenvalue weighted by Gasteiger charge is -2.37. The molecule has 0 unspecified atom stereocenters. The number of hydrogen-bond acceptors (Lipinski definition) is 4. The van der Waals surface area contributed by atoms with Crippen molar-refractivity contribution in [1.82, 2.24) is 15.2 Å². The molecule has 2 saturated heterocycles. The van der Waals surface area contributed by atoms with Gasteiger partial charge in [-0.2, -0.15) is 0 Å². The molecule has 2 aliphatic heterocycles. The number of nitrogens with zero attached hydrogens (tertiary/aromatic N) is 3. The number of hydrogen-bond donors (Lipinski definition) is 1. The number of carbonyl (C=O) groups is 1. The van der Waals surface area contributed by atoms with Gasteiger partial charge >= 0.3 is 0 Å². The predicted octanol–water partition coefficient (Wildman–Crippen LogP) is 1.77. The zero-order valence-electron chi connectivity index (χ0n) is 13.8. The minimum absolute atomic E-state index is 0.0883. The number of aromatic nitrogens is 1. The van der Waals surface area contributed by atoms with Crippen LogP contribution in [-0.4, -0.2) is 55.1 Å². The second kappa shape index (κ2) is 6.55. The highest BCUT2D eigenvalue weighted by molar-refractivity contribution is 5.91. The third-order valence-corrected chi connectivity index (χ3v) is 5.10. The van der Waals surface area contributed by atoms with Gasteiger partial charge in [-0.3, -0.25) is 9.78 Å². The van der Waals surface area contributed by atoms with Crippen LogP contribution >= 0.6 is 0 Å². The van der Waals surface area contributed by atoms with E-state index in [0.717, 1.165) is 31.3 Å². The van der Waals surface area contributed by atoms with Crippen molar-refractivity contribution in [1.29, 1.82) is 0 Å². The molecule has 0 aliphatic carbocycles. The van der Waals surface area contributed by atoms with E-state index in [1.165, 1.54) is 6.07 Å². The first-order chi connectivity index (χ1) is 12.1. The van der Waals surface area contributed by atoms with Crippen molar-refractivity contribution < 1.29 is 13.6 Å². The lowest BCUT2D eigenvalue weighted by Crippen LogP contribution is -2.50.